The Kier molecular flexibility index (Phi) is 2.94. The van der Waals surface area contributed by atoms with E-state index in [1.165, 1.54) is 5.57 Å². The van der Waals surface area contributed by atoms with Gasteiger partial charge >= 0.3 is 0 Å². The van der Waals surface area contributed by atoms with E-state index in [0.717, 1.165) is 38.5 Å². The van der Waals surface area contributed by atoms with Crippen LogP contribution in [0, 0.1) is 0 Å². The van der Waals surface area contributed by atoms with Gasteiger partial charge in [-0.1, -0.05) is 12.2 Å². The van der Waals surface area contributed by atoms with Crippen LogP contribution in [0.1, 0.15) is 38.5 Å². The number of hydrogen-bond acceptors (Lipinski definition) is 1. The van der Waals surface area contributed by atoms with Crippen molar-refractivity contribution in [3.63, 3.8) is 0 Å². The van der Waals surface area contributed by atoms with E-state index in [2.05, 4.69) is 6.58 Å². The van der Waals surface area contributed by atoms with Crippen LogP contribution in [-0.4, -0.2) is 11.2 Å². The molecule has 0 heterocycles. The molecule has 1 aliphatic carbocycles. The van der Waals surface area contributed by atoms with Crippen LogP contribution < -0.4 is 0 Å². The standard InChI is InChI=1S/C9H16O/c1-8-4-2-6-9(10)7-3-5-8/h9-10H,1-7H2. The predicted octanol–water partition coefficient (Wildman–Crippen LogP) is 2.26. The molecular formula is C9H16O. The van der Waals surface area contributed by atoms with Gasteiger partial charge in [-0.25, -0.2) is 0 Å². The summed E-state index contributed by atoms with van der Waals surface area (Å²) in [5.74, 6) is 0. The molecule has 10 heavy (non-hydrogen) atoms. The van der Waals surface area contributed by atoms with E-state index in [4.69, 9.17) is 0 Å². The third-order valence-electron chi connectivity index (χ3n) is 2.14. The Labute approximate surface area is 62.8 Å². The smallest absolute Gasteiger partial charge is 0.0540 e. The Morgan fingerprint density at radius 1 is 1.20 bits per heavy atom. The fourth-order valence-corrected chi connectivity index (χ4v) is 1.44. The SMILES string of the molecule is C=C1CCCC(O)CCC1. The minimum Gasteiger partial charge on any atom is -0.393 e. The van der Waals surface area contributed by atoms with E-state index in [1.54, 1.807) is 0 Å². The highest BCUT2D eigenvalue weighted by Crippen LogP contribution is 2.19. The van der Waals surface area contributed by atoms with Crippen molar-refractivity contribution in [1.29, 1.82) is 0 Å². The lowest BCUT2D eigenvalue weighted by Crippen LogP contribution is -2.08. The highest BCUT2D eigenvalue weighted by Gasteiger charge is 2.08. The second kappa shape index (κ2) is 3.77. The van der Waals surface area contributed by atoms with Crippen LogP contribution >= 0.6 is 0 Å². The van der Waals surface area contributed by atoms with Crippen molar-refractivity contribution in [2.75, 3.05) is 0 Å². The normalized spacial score (nSPS) is 23.9. The van der Waals surface area contributed by atoms with Crippen molar-refractivity contribution in [3.05, 3.63) is 12.2 Å². The first-order chi connectivity index (χ1) is 4.79. The quantitative estimate of drug-likeness (QED) is 0.512. The maximum atomic E-state index is 9.27. The lowest BCUT2D eigenvalue weighted by molar-refractivity contribution is 0.146. The van der Waals surface area contributed by atoms with Gasteiger partial charge in [0.15, 0.2) is 0 Å². The van der Waals surface area contributed by atoms with Crippen LogP contribution in [0.4, 0.5) is 0 Å². The van der Waals surface area contributed by atoms with Crippen molar-refractivity contribution in [1.82, 2.24) is 0 Å². The van der Waals surface area contributed by atoms with Gasteiger partial charge in [0.05, 0.1) is 6.10 Å². The van der Waals surface area contributed by atoms with Gasteiger partial charge in [0.2, 0.25) is 0 Å². The molecule has 58 valence electrons. The summed E-state index contributed by atoms with van der Waals surface area (Å²) in [6.07, 6.45) is 6.40. The molecule has 0 aromatic rings. The number of allylic oxidation sites excluding steroid dienone is 1. The molecule has 1 heteroatoms. The molecule has 0 amide bonds. The van der Waals surface area contributed by atoms with Crippen LogP contribution in [0.3, 0.4) is 0 Å². The van der Waals surface area contributed by atoms with Crippen molar-refractivity contribution in [2.24, 2.45) is 0 Å². The third-order valence-corrected chi connectivity index (χ3v) is 2.14. The molecule has 0 atom stereocenters. The molecule has 0 bridgehead atoms. The Morgan fingerprint density at radius 3 is 2.20 bits per heavy atom. The third kappa shape index (κ3) is 2.53. The molecule has 1 saturated carbocycles. The van der Waals surface area contributed by atoms with E-state index in [1.807, 2.05) is 0 Å². The lowest BCUT2D eigenvalue weighted by Gasteiger charge is -2.15. The summed E-state index contributed by atoms with van der Waals surface area (Å²) >= 11 is 0. The van der Waals surface area contributed by atoms with Gasteiger partial charge in [-0.15, -0.1) is 0 Å². The average Bonchev–Trinajstić information content (AvgIpc) is 1.84. The fraction of sp³-hybridized carbons (Fsp3) is 0.778. The van der Waals surface area contributed by atoms with Crippen molar-refractivity contribution < 1.29 is 5.11 Å². The molecule has 1 N–H and O–H groups in total. The summed E-state index contributed by atoms with van der Waals surface area (Å²) in [6.45, 7) is 3.96. The van der Waals surface area contributed by atoms with E-state index in [0.29, 0.717) is 0 Å². The number of aliphatic hydroxyl groups is 1. The summed E-state index contributed by atoms with van der Waals surface area (Å²) in [7, 11) is 0. The van der Waals surface area contributed by atoms with Gasteiger partial charge in [-0.2, -0.15) is 0 Å². The number of aliphatic hydroxyl groups excluding tert-OH is 1. The topological polar surface area (TPSA) is 20.2 Å². The molecular weight excluding hydrogens is 124 g/mol. The molecule has 0 unspecified atom stereocenters. The lowest BCUT2D eigenvalue weighted by atomic mass is 9.96. The van der Waals surface area contributed by atoms with Gasteiger partial charge in [-0.05, 0) is 38.5 Å². The fourth-order valence-electron chi connectivity index (χ4n) is 1.44. The average molecular weight is 140 g/mol. The molecule has 0 radical (unpaired) electrons. The maximum absolute atomic E-state index is 9.27. The molecule has 1 rings (SSSR count). The van der Waals surface area contributed by atoms with Crippen LogP contribution in [0.15, 0.2) is 12.2 Å². The Balaban J connectivity index is 2.27. The van der Waals surface area contributed by atoms with Crippen LogP contribution in [-0.2, 0) is 0 Å². The van der Waals surface area contributed by atoms with Crippen molar-refractivity contribution in [3.8, 4) is 0 Å². The van der Waals surface area contributed by atoms with Crippen molar-refractivity contribution in [2.45, 2.75) is 44.6 Å². The summed E-state index contributed by atoms with van der Waals surface area (Å²) in [6, 6.07) is 0. The molecule has 1 nitrogen and oxygen atoms in total. The summed E-state index contributed by atoms with van der Waals surface area (Å²) in [5.41, 5.74) is 1.37. The van der Waals surface area contributed by atoms with Gasteiger partial charge in [0.1, 0.15) is 0 Å². The molecule has 0 spiro atoms. The first-order valence-corrected chi connectivity index (χ1v) is 4.14. The first-order valence-electron chi connectivity index (χ1n) is 4.14. The van der Waals surface area contributed by atoms with Crippen LogP contribution in [0.2, 0.25) is 0 Å². The Bertz CT molecular complexity index is 106. The monoisotopic (exact) mass is 140 g/mol. The molecule has 0 aromatic heterocycles. The molecule has 0 saturated heterocycles. The molecule has 1 fully saturated rings. The van der Waals surface area contributed by atoms with Gasteiger partial charge in [0.25, 0.3) is 0 Å². The maximum Gasteiger partial charge on any atom is 0.0540 e. The van der Waals surface area contributed by atoms with Crippen LogP contribution in [0.25, 0.3) is 0 Å². The van der Waals surface area contributed by atoms with E-state index in [-0.39, 0.29) is 6.10 Å². The second-order valence-corrected chi connectivity index (χ2v) is 3.19. The Hall–Kier alpha value is -0.300. The zero-order valence-electron chi connectivity index (χ0n) is 6.47. The highest BCUT2D eigenvalue weighted by atomic mass is 16.3. The summed E-state index contributed by atoms with van der Waals surface area (Å²) < 4.78 is 0. The van der Waals surface area contributed by atoms with Gasteiger partial charge in [0, 0.05) is 0 Å². The Morgan fingerprint density at radius 2 is 1.70 bits per heavy atom. The zero-order valence-corrected chi connectivity index (χ0v) is 6.47. The molecule has 0 aliphatic heterocycles. The first kappa shape index (κ1) is 7.80. The number of hydrogen-bond donors (Lipinski definition) is 1. The second-order valence-electron chi connectivity index (χ2n) is 3.19. The van der Waals surface area contributed by atoms with E-state index >= 15 is 0 Å². The molecule has 1 aliphatic rings. The predicted molar refractivity (Wildman–Crippen MR) is 42.8 cm³/mol. The summed E-state index contributed by atoms with van der Waals surface area (Å²) in [4.78, 5) is 0. The van der Waals surface area contributed by atoms with Crippen molar-refractivity contribution >= 4 is 0 Å². The molecule has 0 aromatic carbocycles. The van der Waals surface area contributed by atoms with E-state index < -0.39 is 0 Å². The highest BCUT2D eigenvalue weighted by molar-refractivity contribution is 4.94. The minimum absolute atomic E-state index is 0.0342. The number of rotatable bonds is 0. The minimum atomic E-state index is -0.0342. The largest absolute Gasteiger partial charge is 0.393 e. The van der Waals surface area contributed by atoms with E-state index in [9.17, 15) is 5.11 Å². The summed E-state index contributed by atoms with van der Waals surface area (Å²) in [5, 5.41) is 9.27. The van der Waals surface area contributed by atoms with Crippen LogP contribution in [0.5, 0.6) is 0 Å². The zero-order chi connectivity index (χ0) is 7.40. The van der Waals surface area contributed by atoms with Gasteiger partial charge < -0.3 is 5.11 Å². The van der Waals surface area contributed by atoms with Gasteiger partial charge in [-0.3, -0.25) is 0 Å².